The molecule has 1 saturated carbocycles. The van der Waals surface area contributed by atoms with Gasteiger partial charge in [0.25, 0.3) is 0 Å². The number of allylic oxidation sites excluding steroid dienone is 1. The van der Waals surface area contributed by atoms with E-state index in [-0.39, 0.29) is 5.72 Å². The minimum atomic E-state index is -0.123. The molecule has 156 valence electrons. The van der Waals surface area contributed by atoms with E-state index in [0.717, 1.165) is 12.8 Å². The van der Waals surface area contributed by atoms with Gasteiger partial charge < -0.3 is 4.74 Å². The highest BCUT2D eigenvalue weighted by Crippen LogP contribution is 2.58. The van der Waals surface area contributed by atoms with E-state index in [0.29, 0.717) is 11.8 Å². The molecule has 0 radical (unpaired) electrons. The lowest BCUT2D eigenvalue weighted by Gasteiger charge is -2.58. The van der Waals surface area contributed by atoms with Gasteiger partial charge in [0, 0.05) is 36.9 Å². The predicted octanol–water partition coefficient (Wildman–Crippen LogP) is 6.53. The lowest BCUT2D eigenvalue weighted by molar-refractivity contribution is -0.183. The first-order chi connectivity index (χ1) is 14.9. The molecule has 2 aliphatic carbocycles. The maximum atomic E-state index is 7.31. The normalized spacial score (nSPS) is 31.3. The van der Waals surface area contributed by atoms with Crippen molar-refractivity contribution in [2.24, 2.45) is 5.92 Å². The highest BCUT2D eigenvalue weighted by atomic mass is 16.5. The van der Waals surface area contributed by atoms with Crippen LogP contribution in [0.25, 0.3) is 5.76 Å². The van der Waals surface area contributed by atoms with E-state index in [2.05, 4.69) is 59.5 Å². The van der Waals surface area contributed by atoms with Crippen molar-refractivity contribution >= 4 is 5.76 Å². The van der Waals surface area contributed by atoms with Crippen molar-refractivity contribution in [1.82, 2.24) is 4.90 Å². The summed E-state index contributed by atoms with van der Waals surface area (Å²) in [5, 5.41) is 0. The summed E-state index contributed by atoms with van der Waals surface area (Å²) < 4.78 is 7.31. The average Bonchev–Trinajstić information content (AvgIpc) is 2.83. The first kappa shape index (κ1) is 18.7. The maximum absolute atomic E-state index is 7.31. The molecular formula is C28H33NO. The molecule has 2 nitrogen and oxygen atoms in total. The van der Waals surface area contributed by atoms with Gasteiger partial charge in [-0.25, -0.2) is 0 Å². The van der Waals surface area contributed by atoms with Gasteiger partial charge in [0.05, 0.1) is 0 Å². The maximum Gasteiger partial charge on any atom is 0.167 e. The second-order valence-electron chi connectivity index (χ2n) is 9.75. The Morgan fingerprint density at radius 2 is 1.60 bits per heavy atom. The summed E-state index contributed by atoms with van der Waals surface area (Å²) in [4.78, 5) is 2.76. The van der Waals surface area contributed by atoms with Crippen LogP contribution in [-0.4, -0.2) is 23.7 Å². The van der Waals surface area contributed by atoms with Crippen molar-refractivity contribution in [3.05, 3.63) is 76.9 Å². The summed E-state index contributed by atoms with van der Waals surface area (Å²) in [6, 6.07) is 20.3. The Kier molecular flexibility index (Phi) is 4.71. The van der Waals surface area contributed by atoms with Gasteiger partial charge in [-0.3, -0.25) is 4.90 Å². The minimum absolute atomic E-state index is 0.123. The van der Waals surface area contributed by atoms with Crippen molar-refractivity contribution in [2.75, 3.05) is 13.1 Å². The first-order valence-corrected chi connectivity index (χ1v) is 12.2. The molecule has 0 amide bonds. The van der Waals surface area contributed by atoms with Crippen molar-refractivity contribution in [1.29, 1.82) is 0 Å². The number of rotatable bonds is 2. The van der Waals surface area contributed by atoms with Crippen molar-refractivity contribution < 1.29 is 4.74 Å². The van der Waals surface area contributed by atoms with Crippen LogP contribution in [0, 0.1) is 5.92 Å². The zero-order valence-electron chi connectivity index (χ0n) is 18.0. The van der Waals surface area contributed by atoms with E-state index >= 15 is 0 Å². The lowest BCUT2D eigenvalue weighted by atomic mass is 9.64. The fourth-order valence-corrected chi connectivity index (χ4v) is 6.88. The van der Waals surface area contributed by atoms with E-state index in [1.165, 1.54) is 80.5 Å². The number of nitrogens with zero attached hydrogens (tertiary/aromatic N) is 1. The van der Waals surface area contributed by atoms with Gasteiger partial charge in [0.15, 0.2) is 5.72 Å². The van der Waals surface area contributed by atoms with E-state index in [9.17, 15) is 0 Å². The molecular weight excluding hydrogens is 366 g/mol. The largest absolute Gasteiger partial charge is 0.472 e. The van der Waals surface area contributed by atoms with Crippen molar-refractivity contribution in [3.8, 4) is 0 Å². The van der Waals surface area contributed by atoms with Gasteiger partial charge in [-0.05, 0) is 55.2 Å². The van der Waals surface area contributed by atoms with Gasteiger partial charge in [0.1, 0.15) is 5.76 Å². The molecule has 0 bridgehead atoms. The van der Waals surface area contributed by atoms with Crippen LogP contribution in [-0.2, 0) is 11.2 Å². The highest BCUT2D eigenvalue weighted by molar-refractivity contribution is 5.71. The zero-order chi connectivity index (χ0) is 20.0. The van der Waals surface area contributed by atoms with Crippen molar-refractivity contribution in [3.63, 3.8) is 0 Å². The number of likely N-dealkylation sites (tertiary alicyclic amines) is 1. The Labute approximate surface area is 180 Å². The topological polar surface area (TPSA) is 12.5 Å². The van der Waals surface area contributed by atoms with E-state index in [4.69, 9.17) is 4.74 Å². The molecule has 2 aromatic carbocycles. The molecule has 2 aliphatic heterocycles. The third kappa shape index (κ3) is 2.87. The van der Waals surface area contributed by atoms with E-state index in [1.54, 1.807) is 5.57 Å². The SMILES string of the molecule is c1ccc(C2C3=C(OC4(N5CCCCC5)CCCCC24)c2ccccc2CC3)cc1. The van der Waals surface area contributed by atoms with Crippen LogP contribution in [0.4, 0.5) is 0 Å². The Balaban J connectivity index is 1.55. The third-order valence-electron chi connectivity index (χ3n) is 8.20. The molecule has 0 aromatic heterocycles. The zero-order valence-corrected chi connectivity index (χ0v) is 18.0. The molecule has 3 atom stereocenters. The van der Waals surface area contributed by atoms with Gasteiger partial charge in [0.2, 0.25) is 0 Å². The highest BCUT2D eigenvalue weighted by Gasteiger charge is 2.55. The Hall–Kier alpha value is -2.06. The molecule has 30 heavy (non-hydrogen) atoms. The molecule has 4 aliphatic rings. The predicted molar refractivity (Wildman–Crippen MR) is 122 cm³/mol. The number of hydrogen-bond donors (Lipinski definition) is 0. The number of benzene rings is 2. The lowest BCUT2D eigenvalue weighted by Crippen LogP contribution is -2.61. The van der Waals surface area contributed by atoms with Crippen LogP contribution < -0.4 is 0 Å². The Bertz CT molecular complexity index is 942. The number of piperidine rings is 1. The molecule has 0 N–H and O–H groups in total. The van der Waals surface area contributed by atoms with Crippen LogP contribution in [0.1, 0.15) is 74.0 Å². The molecule has 3 unspecified atom stereocenters. The number of hydrogen-bond acceptors (Lipinski definition) is 2. The summed E-state index contributed by atoms with van der Waals surface area (Å²) >= 11 is 0. The summed E-state index contributed by atoms with van der Waals surface area (Å²) in [5.41, 5.74) is 5.77. The fourth-order valence-electron chi connectivity index (χ4n) is 6.88. The number of ether oxygens (including phenoxy) is 1. The summed E-state index contributed by atoms with van der Waals surface area (Å²) in [6.07, 6.45) is 11.4. The fraction of sp³-hybridized carbons (Fsp3) is 0.500. The monoisotopic (exact) mass is 399 g/mol. The van der Waals surface area contributed by atoms with Gasteiger partial charge in [-0.15, -0.1) is 0 Å². The number of fused-ring (bicyclic) bond motifs is 3. The molecule has 1 saturated heterocycles. The molecule has 2 aromatic rings. The molecule has 2 heteroatoms. The third-order valence-corrected chi connectivity index (χ3v) is 8.20. The van der Waals surface area contributed by atoms with Crippen LogP contribution in [0.2, 0.25) is 0 Å². The smallest absolute Gasteiger partial charge is 0.167 e. The second-order valence-corrected chi connectivity index (χ2v) is 9.75. The van der Waals surface area contributed by atoms with Crippen LogP contribution >= 0.6 is 0 Å². The van der Waals surface area contributed by atoms with Gasteiger partial charge in [-0.1, -0.05) is 67.4 Å². The van der Waals surface area contributed by atoms with E-state index < -0.39 is 0 Å². The Morgan fingerprint density at radius 3 is 2.47 bits per heavy atom. The number of aryl methyl sites for hydroxylation is 1. The van der Waals surface area contributed by atoms with E-state index in [1.807, 2.05) is 0 Å². The average molecular weight is 400 g/mol. The molecule has 2 fully saturated rings. The summed E-state index contributed by atoms with van der Waals surface area (Å²) in [5.74, 6) is 2.29. The summed E-state index contributed by atoms with van der Waals surface area (Å²) in [6.45, 7) is 2.39. The van der Waals surface area contributed by atoms with Crippen LogP contribution in [0.15, 0.2) is 60.2 Å². The second kappa shape index (κ2) is 7.57. The minimum Gasteiger partial charge on any atom is -0.472 e. The quantitative estimate of drug-likeness (QED) is 0.569. The molecule has 0 spiro atoms. The molecule has 6 rings (SSSR count). The van der Waals surface area contributed by atoms with Gasteiger partial charge in [-0.2, -0.15) is 0 Å². The van der Waals surface area contributed by atoms with Crippen molar-refractivity contribution in [2.45, 2.75) is 69.4 Å². The summed E-state index contributed by atoms with van der Waals surface area (Å²) in [7, 11) is 0. The van der Waals surface area contributed by atoms with Gasteiger partial charge >= 0.3 is 0 Å². The first-order valence-electron chi connectivity index (χ1n) is 12.2. The van der Waals surface area contributed by atoms with Crippen LogP contribution in [0.5, 0.6) is 0 Å². The van der Waals surface area contributed by atoms with Crippen LogP contribution in [0.3, 0.4) is 0 Å². The standard InChI is InChI=1S/C28H33NO/c1-3-12-22(13-4-1)26-24-17-16-21-11-5-6-14-23(21)27(24)30-28(18-8-7-15-25(26)28)29-19-9-2-10-20-29/h1,3-6,11-14,25-26H,2,7-10,15-20H2. The Morgan fingerprint density at radius 1 is 0.800 bits per heavy atom. The molecule has 2 heterocycles.